The molecule has 0 spiro atoms. The molecule has 5 heteroatoms. The maximum Gasteiger partial charge on any atom is 0.228 e. The Hall–Kier alpha value is -1.10. The van der Waals surface area contributed by atoms with Gasteiger partial charge in [0.2, 0.25) is 11.8 Å². The average molecular weight is 240 g/mol. The molecular formula is C12H20N2O3. The minimum atomic E-state index is -0.177. The van der Waals surface area contributed by atoms with Gasteiger partial charge in [-0.1, -0.05) is 0 Å². The van der Waals surface area contributed by atoms with Gasteiger partial charge in [-0.05, 0) is 19.8 Å². The molecule has 0 saturated carbocycles. The van der Waals surface area contributed by atoms with Crippen molar-refractivity contribution >= 4 is 11.8 Å². The first-order valence-electron chi connectivity index (χ1n) is 6.37. The number of rotatable bonds is 4. The van der Waals surface area contributed by atoms with Crippen molar-refractivity contribution < 1.29 is 14.3 Å². The summed E-state index contributed by atoms with van der Waals surface area (Å²) in [7, 11) is 0. The highest BCUT2D eigenvalue weighted by molar-refractivity contribution is 5.89. The molecule has 0 aromatic rings. The van der Waals surface area contributed by atoms with E-state index in [1.54, 1.807) is 0 Å². The van der Waals surface area contributed by atoms with E-state index < -0.39 is 0 Å². The first-order chi connectivity index (χ1) is 8.20. The van der Waals surface area contributed by atoms with E-state index in [-0.39, 0.29) is 23.8 Å². The number of hydrogen-bond donors (Lipinski definition) is 1. The molecule has 1 N–H and O–H groups in total. The largest absolute Gasteiger partial charge is 0.376 e. The summed E-state index contributed by atoms with van der Waals surface area (Å²) in [6.45, 7) is 4.61. The molecular weight excluding hydrogens is 220 g/mol. The molecule has 2 unspecified atom stereocenters. The summed E-state index contributed by atoms with van der Waals surface area (Å²) in [5, 5.41) is 2.71. The van der Waals surface area contributed by atoms with E-state index in [2.05, 4.69) is 5.32 Å². The van der Waals surface area contributed by atoms with E-state index in [4.69, 9.17) is 4.74 Å². The number of carbonyl (C=O) groups excluding carboxylic acids is 2. The van der Waals surface area contributed by atoms with E-state index >= 15 is 0 Å². The van der Waals surface area contributed by atoms with Crippen molar-refractivity contribution in [3.63, 3.8) is 0 Å². The minimum absolute atomic E-state index is 0.0171. The van der Waals surface area contributed by atoms with Gasteiger partial charge in [-0.15, -0.1) is 0 Å². The maximum atomic E-state index is 12.2. The van der Waals surface area contributed by atoms with Crippen LogP contribution in [0.5, 0.6) is 0 Å². The number of ether oxygens (including phenoxy) is 1. The lowest BCUT2D eigenvalue weighted by molar-refractivity contribution is -0.137. The molecule has 2 aliphatic rings. The lowest BCUT2D eigenvalue weighted by Gasteiger charge is -2.26. The second-order valence-corrected chi connectivity index (χ2v) is 4.72. The van der Waals surface area contributed by atoms with Gasteiger partial charge in [0.05, 0.1) is 12.0 Å². The van der Waals surface area contributed by atoms with Crippen molar-refractivity contribution in [1.29, 1.82) is 0 Å². The number of amides is 2. The van der Waals surface area contributed by atoms with Crippen molar-refractivity contribution in [3.05, 3.63) is 0 Å². The molecule has 2 heterocycles. The normalized spacial score (nSPS) is 28.2. The molecule has 2 rings (SSSR count). The Labute approximate surface area is 101 Å². The third-order valence-electron chi connectivity index (χ3n) is 3.47. The maximum absolute atomic E-state index is 12.2. The van der Waals surface area contributed by atoms with Crippen LogP contribution in [0.1, 0.15) is 26.2 Å². The minimum Gasteiger partial charge on any atom is -0.376 e. The van der Waals surface area contributed by atoms with E-state index in [9.17, 15) is 9.59 Å². The monoisotopic (exact) mass is 240 g/mol. The second kappa shape index (κ2) is 5.49. The summed E-state index contributed by atoms with van der Waals surface area (Å²) in [6, 6.07) is 0. The standard InChI is InChI=1S/C12H20N2O3/c1-2-14(8-10-4-3-5-17-10)12(16)9-6-11(15)13-7-9/h9-10H,2-8H2,1H3,(H,13,15). The number of hydrogen-bond acceptors (Lipinski definition) is 3. The molecule has 0 aromatic heterocycles. The quantitative estimate of drug-likeness (QED) is 0.761. The molecule has 0 aliphatic carbocycles. The lowest BCUT2D eigenvalue weighted by Crippen LogP contribution is -2.41. The summed E-state index contributed by atoms with van der Waals surface area (Å²) in [4.78, 5) is 25.1. The number of carbonyl (C=O) groups is 2. The zero-order chi connectivity index (χ0) is 12.3. The first-order valence-corrected chi connectivity index (χ1v) is 6.37. The van der Waals surface area contributed by atoms with Crippen LogP contribution in [0.2, 0.25) is 0 Å². The number of nitrogens with one attached hydrogen (secondary N) is 1. The molecule has 2 amide bonds. The Bertz CT molecular complexity index is 300. The van der Waals surface area contributed by atoms with Gasteiger partial charge >= 0.3 is 0 Å². The molecule has 5 nitrogen and oxygen atoms in total. The average Bonchev–Trinajstić information content (AvgIpc) is 2.96. The number of likely N-dealkylation sites (N-methyl/N-ethyl adjacent to an activating group) is 1. The van der Waals surface area contributed by atoms with Crippen LogP contribution in [-0.4, -0.2) is 49.1 Å². The number of nitrogens with zero attached hydrogens (tertiary/aromatic N) is 1. The van der Waals surface area contributed by atoms with Gasteiger partial charge in [0.1, 0.15) is 0 Å². The molecule has 0 radical (unpaired) electrons. The molecule has 96 valence electrons. The van der Waals surface area contributed by atoms with Crippen LogP contribution in [0.4, 0.5) is 0 Å². The Kier molecular flexibility index (Phi) is 3.99. The molecule has 0 bridgehead atoms. The summed E-state index contributed by atoms with van der Waals surface area (Å²) in [5.74, 6) is -0.110. The van der Waals surface area contributed by atoms with Gasteiger partial charge in [0.15, 0.2) is 0 Å². The Morgan fingerprint density at radius 3 is 2.94 bits per heavy atom. The molecule has 0 aromatic carbocycles. The fraction of sp³-hybridized carbons (Fsp3) is 0.833. The predicted octanol–water partition coefficient (Wildman–Crippen LogP) is 0.150. The van der Waals surface area contributed by atoms with Crippen molar-refractivity contribution in [1.82, 2.24) is 10.2 Å². The van der Waals surface area contributed by atoms with Crippen LogP contribution in [0, 0.1) is 5.92 Å². The topological polar surface area (TPSA) is 58.6 Å². The summed E-state index contributed by atoms with van der Waals surface area (Å²) in [6.07, 6.45) is 2.63. The highest BCUT2D eigenvalue weighted by atomic mass is 16.5. The molecule has 2 aliphatic heterocycles. The Balaban J connectivity index is 1.88. The van der Waals surface area contributed by atoms with Crippen LogP contribution in [0.15, 0.2) is 0 Å². The fourth-order valence-corrected chi connectivity index (χ4v) is 2.45. The van der Waals surface area contributed by atoms with Crippen molar-refractivity contribution in [2.24, 2.45) is 5.92 Å². The van der Waals surface area contributed by atoms with Crippen LogP contribution in [0.25, 0.3) is 0 Å². The highest BCUT2D eigenvalue weighted by Gasteiger charge is 2.32. The zero-order valence-corrected chi connectivity index (χ0v) is 10.3. The Morgan fingerprint density at radius 1 is 1.59 bits per heavy atom. The summed E-state index contributed by atoms with van der Waals surface area (Å²) in [5.41, 5.74) is 0. The van der Waals surface area contributed by atoms with E-state index in [0.717, 1.165) is 19.4 Å². The molecule has 2 atom stereocenters. The lowest BCUT2D eigenvalue weighted by atomic mass is 10.1. The Morgan fingerprint density at radius 2 is 2.41 bits per heavy atom. The van der Waals surface area contributed by atoms with Crippen molar-refractivity contribution in [3.8, 4) is 0 Å². The first kappa shape index (κ1) is 12.4. The van der Waals surface area contributed by atoms with E-state index in [1.165, 1.54) is 0 Å². The molecule has 2 fully saturated rings. The second-order valence-electron chi connectivity index (χ2n) is 4.72. The van der Waals surface area contributed by atoms with Gasteiger partial charge in [0.25, 0.3) is 0 Å². The summed E-state index contributed by atoms with van der Waals surface area (Å²) < 4.78 is 5.54. The third kappa shape index (κ3) is 2.97. The molecule has 17 heavy (non-hydrogen) atoms. The van der Waals surface area contributed by atoms with E-state index in [0.29, 0.717) is 26.1 Å². The van der Waals surface area contributed by atoms with Gasteiger partial charge in [-0.25, -0.2) is 0 Å². The van der Waals surface area contributed by atoms with E-state index in [1.807, 2.05) is 11.8 Å². The van der Waals surface area contributed by atoms with Gasteiger partial charge in [-0.3, -0.25) is 9.59 Å². The van der Waals surface area contributed by atoms with Gasteiger partial charge in [-0.2, -0.15) is 0 Å². The third-order valence-corrected chi connectivity index (χ3v) is 3.47. The summed E-state index contributed by atoms with van der Waals surface area (Å²) >= 11 is 0. The van der Waals surface area contributed by atoms with Crippen LogP contribution in [-0.2, 0) is 14.3 Å². The smallest absolute Gasteiger partial charge is 0.228 e. The van der Waals surface area contributed by atoms with Crippen LogP contribution in [0.3, 0.4) is 0 Å². The van der Waals surface area contributed by atoms with Gasteiger partial charge < -0.3 is 15.0 Å². The van der Waals surface area contributed by atoms with Crippen LogP contribution < -0.4 is 5.32 Å². The SMILES string of the molecule is CCN(CC1CCCO1)C(=O)C1CNC(=O)C1. The van der Waals surface area contributed by atoms with Crippen LogP contribution >= 0.6 is 0 Å². The zero-order valence-electron chi connectivity index (χ0n) is 10.3. The fourth-order valence-electron chi connectivity index (χ4n) is 2.45. The molecule has 2 saturated heterocycles. The highest BCUT2D eigenvalue weighted by Crippen LogP contribution is 2.17. The van der Waals surface area contributed by atoms with Crippen molar-refractivity contribution in [2.45, 2.75) is 32.3 Å². The van der Waals surface area contributed by atoms with Crippen molar-refractivity contribution in [2.75, 3.05) is 26.2 Å². The predicted molar refractivity (Wildman–Crippen MR) is 62.3 cm³/mol. The van der Waals surface area contributed by atoms with Gasteiger partial charge in [0, 0.05) is 32.7 Å².